The Kier molecular flexibility index (Phi) is 5.76. The van der Waals surface area contributed by atoms with Crippen LogP contribution in [0.25, 0.3) is 6.08 Å². The molecule has 0 heterocycles. The van der Waals surface area contributed by atoms with Crippen molar-refractivity contribution in [1.29, 1.82) is 0 Å². The van der Waals surface area contributed by atoms with Crippen LogP contribution in [0.3, 0.4) is 0 Å². The average molecular weight is 328 g/mol. The molecule has 1 aromatic carbocycles. The molecule has 7 nitrogen and oxygen atoms in total. The Hall–Kier alpha value is -2.28. The van der Waals surface area contributed by atoms with E-state index in [9.17, 15) is 14.9 Å². The van der Waals surface area contributed by atoms with Gasteiger partial charge in [0.1, 0.15) is 11.3 Å². The zero-order valence-corrected chi connectivity index (χ0v) is 13.3. The fourth-order valence-electron chi connectivity index (χ4n) is 1.52. The molecule has 1 aromatic rings. The highest BCUT2D eigenvalue weighted by Crippen LogP contribution is 2.29. The van der Waals surface area contributed by atoms with Crippen molar-refractivity contribution in [1.82, 2.24) is 5.32 Å². The first-order valence-electron chi connectivity index (χ1n) is 6.47. The first kappa shape index (κ1) is 17.8. The lowest BCUT2D eigenvalue weighted by molar-refractivity contribution is -0.383. The van der Waals surface area contributed by atoms with Crippen molar-refractivity contribution in [3.63, 3.8) is 0 Å². The lowest BCUT2D eigenvalue weighted by atomic mass is 10.1. The Balaban J connectivity index is 2.69. The van der Waals surface area contributed by atoms with Gasteiger partial charge in [0, 0.05) is 12.6 Å². The number of nitrogens with one attached hydrogen (secondary N) is 1. The van der Waals surface area contributed by atoms with E-state index in [0.717, 1.165) is 0 Å². The third-order valence-corrected chi connectivity index (χ3v) is 2.73. The summed E-state index contributed by atoms with van der Waals surface area (Å²) in [4.78, 5) is 21.7. The minimum Gasteiger partial charge on any atom is -0.444 e. The van der Waals surface area contributed by atoms with E-state index in [4.69, 9.17) is 22.1 Å². The zero-order chi connectivity index (χ0) is 16.9. The molecular weight excluding hydrogens is 310 g/mol. The van der Waals surface area contributed by atoms with Gasteiger partial charge in [-0.2, -0.15) is 0 Å². The van der Waals surface area contributed by atoms with Gasteiger partial charge in [0.05, 0.1) is 9.95 Å². The second-order valence-corrected chi connectivity index (χ2v) is 5.88. The van der Waals surface area contributed by atoms with Crippen LogP contribution in [0.15, 0.2) is 18.2 Å². The van der Waals surface area contributed by atoms with Crippen molar-refractivity contribution < 1.29 is 14.5 Å². The molecule has 0 aliphatic carbocycles. The highest BCUT2D eigenvalue weighted by Gasteiger charge is 2.15. The van der Waals surface area contributed by atoms with Crippen LogP contribution < -0.4 is 11.1 Å². The predicted molar refractivity (Wildman–Crippen MR) is 85.8 cm³/mol. The number of amides is 1. The fraction of sp³-hybridized carbons (Fsp3) is 0.357. The number of hydrogen-bond acceptors (Lipinski definition) is 5. The number of carbonyl (C=O) groups excluding carboxylic acids is 1. The van der Waals surface area contributed by atoms with Gasteiger partial charge < -0.3 is 15.8 Å². The number of ether oxygens (including phenoxy) is 1. The lowest BCUT2D eigenvalue weighted by Gasteiger charge is -2.19. The van der Waals surface area contributed by atoms with E-state index in [1.165, 1.54) is 12.1 Å². The summed E-state index contributed by atoms with van der Waals surface area (Å²) >= 11 is 5.97. The minimum atomic E-state index is -0.581. The molecule has 3 N–H and O–H groups in total. The molecule has 0 aromatic heterocycles. The third kappa shape index (κ3) is 5.61. The summed E-state index contributed by atoms with van der Waals surface area (Å²) in [5.74, 6) is 0. The Bertz CT molecular complexity index is 609. The Morgan fingerprint density at radius 1 is 1.50 bits per heavy atom. The van der Waals surface area contributed by atoms with Crippen molar-refractivity contribution in [2.24, 2.45) is 0 Å². The molecular formula is C14H18ClN3O4. The van der Waals surface area contributed by atoms with Gasteiger partial charge in [-0.3, -0.25) is 10.1 Å². The van der Waals surface area contributed by atoms with Crippen molar-refractivity contribution in [2.45, 2.75) is 26.4 Å². The number of nitro benzene ring substituents is 1. The van der Waals surface area contributed by atoms with Gasteiger partial charge >= 0.3 is 6.09 Å². The number of benzene rings is 1. The quantitative estimate of drug-likeness (QED) is 0.501. The molecule has 22 heavy (non-hydrogen) atoms. The normalized spacial score (nSPS) is 11.5. The number of rotatable bonds is 4. The topological polar surface area (TPSA) is 107 Å². The van der Waals surface area contributed by atoms with E-state index >= 15 is 0 Å². The van der Waals surface area contributed by atoms with Crippen LogP contribution in [0, 0.1) is 10.1 Å². The number of halogens is 1. The molecule has 0 atom stereocenters. The van der Waals surface area contributed by atoms with E-state index in [-0.39, 0.29) is 22.9 Å². The smallest absolute Gasteiger partial charge is 0.407 e. The van der Waals surface area contributed by atoms with E-state index in [1.807, 2.05) is 0 Å². The van der Waals surface area contributed by atoms with Crippen LogP contribution in [0.5, 0.6) is 0 Å². The van der Waals surface area contributed by atoms with Crippen molar-refractivity contribution in [3.8, 4) is 0 Å². The summed E-state index contributed by atoms with van der Waals surface area (Å²) in [5, 5.41) is 13.6. The Morgan fingerprint density at radius 3 is 2.68 bits per heavy atom. The van der Waals surface area contributed by atoms with E-state index in [2.05, 4.69) is 5.32 Å². The number of nitro groups is 1. The molecule has 0 aliphatic rings. The Labute approximate surface area is 133 Å². The van der Waals surface area contributed by atoms with Crippen molar-refractivity contribution in [2.75, 3.05) is 12.3 Å². The first-order chi connectivity index (χ1) is 10.1. The molecule has 0 aliphatic heterocycles. The van der Waals surface area contributed by atoms with Gasteiger partial charge in [-0.15, -0.1) is 0 Å². The van der Waals surface area contributed by atoms with Gasteiger partial charge in [0.2, 0.25) is 0 Å². The van der Waals surface area contributed by atoms with E-state index < -0.39 is 16.6 Å². The largest absolute Gasteiger partial charge is 0.444 e. The second kappa shape index (κ2) is 7.13. The van der Waals surface area contributed by atoms with Gasteiger partial charge in [0.25, 0.3) is 5.69 Å². The van der Waals surface area contributed by atoms with Gasteiger partial charge in [-0.25, -0.2) is 4.79 Å². The zero-order valence-electron chi connectivity index (χ0n) is 12.6. The molecule has 0 bridgehead atoms. The average Bonchev–Trinajstić information content (AvgIpc) is 2.33. The number of hydrogen-bond donors (Lipinski definition) is 2. The molecule has 0 saturated carbocycles. The summed E-state index contributed by atoms with van der Waals surface area (Å²) in [6.45, 7) is 5.48. The van der Waals surface area contributed by atoms with Crippen molar-refractivity contribution in [3.05, 3.63) is 38.9 Å². The maximum absolute atomic E-state index is 11.4. The van der Waals surface area contributed by atoms with Gasteiger partial charge in [-0.05, 0) is 32.4 Å². The predicted octanol–water partition coefficient (Wildman–Crippen LogP) is 3.37. The van der Waals surface area contributed by atoms with Crippen LogP contribution >= 0.6 is 11.6 Å². The van der Waals surface area contributed by atoms with E-state index in [0.29, 0.717) is 5.56 Å². The number of nitrogens with two attached hydrogens (primary N) is 1. The van der Waals surface area contributed by atoms with Gasteiger partial charge in [0.15, 0.2) is 0 Å². The molecule has 8 heteroatoms. The number of nitrogen functional groups attached to an aromatic ring is 1. The summed E-state index contributed by atoms with van der Waals surface area (Å²) in [6.07, 6.45) is 2.61. The minimum absolute atomic E-state index is 0.000898. The number of nitrogens with zero attached hydrogens (tertiary/aromatic N) is 1. The molecule has 1 amide bonds. The summed E-state index contributed by atoms with van der Waals surface area (Å²) in [7, 11) is 0. The highest BCUT2D eigenvalue weighted by atomic mass is 35.5. The molecule has 120 valence electrons. The maximum Gasteiger partial charge on any atom is 0.407 e. The first-order valence-corrected chi connectivity index (χ1v) is 6.85. The van der Waals surface area contributed by atoms with Crippen LogP contribution in [-0.2, 0) is 4.74 Å². The monoisotopic (exact) mass is 327 g/mol. The van der Waals surface area contributed by atoms with Crippen LogP contribution in [0.1, 0.15) is 26.3 Å². The number of alkyl carbamates (subject to hydrolysis) is 1. The Morgan fingerprint density at radius 2 is 2.14 bits per heavy atom. The van der Waals surface area contributed by atoms with Gasteiger partial charge in [-0.1, -0.05) is 23.8 Å². The SMILES string of the molecule is CC(C)(C)OC(=O)NCC=Cc1cc([N+](=O)[O-])c(N)cc1Cl. The van der Waals surface area contributed by atoms with Crippen molar-refractivity contribution >= 4 is 35.1 Å². The number of anilines is 1. The highest BCUT2D eigenvalue weighted by molar-refractivity contribution is 6.32. The van der Waals surface area contributed by atoms with E-state index in [1.54, 1.807) is 32.9 Å². The van der Waals surface area contributed by atoms with Crippen LogP contribution in [-0.4, -0.2) is 23.2 Å². The summed E-state index contributed by atoms with van der Waals surface area (Å²) in [6, 6.07) is 2.60. The van der Waals surface area contributed by atoms with Crippen LogP contribution in [0.2, 0.25) is 5.02 Å². The molecule has 0 saturated heterocycles. The maximum atomic E-state index is 11.4. The molecule has 1 rings (SSSR count). The van der Waals surface area contributed by atoms with Crippen LogP contribution in [0.4, 0.5) is 16.2 Å². The standard InChI is InChI=1S/C14H18ClN3O4/c1-14(2,3)22-13(19)17-6-4-5-9-7-12(18(20)21)11(16)8-10(9)15/h4-5,7-8H,6,16H2,1-3H3,(H,17,19). The lowest BCUT2D eigenvalue weighted by Crippen LogP contribution is -2.32. The molecule has 0 radical (unpaired) electrons. The number of carbonyl (C=O) groups is 1. The second-order valence-electron chi connectivity index (χ2n) is 5.47. The molecule has 0 unspecified atom stereocenters. The third-order valence-electron chi connectivity index (χ3n) is 2.40. The molecule has 0 spiro atoms. The summed E-state index contributed by atoms with van der Waals surface area (Å²) < 4.78 is 5.06. The molecule has 0 fully saturated rings. The summed E-state index contributed by atoms with van der Waals surface area (Å²) in [5.41, 5.74) is 5.17. The fourth-order valence-corrected chi connectivity index (χ4v) is 1.76.